The maximum atomic E-state index is 11.5. The van der Waals surface area contributed by atoms with Gasteiger partial charge >= 0.3 is 5.63 Å². The molecule has 2 rings (SSSR count). The first-order valence-corrected chi connectivity index (χ1v) is 4.45. The van der Waals surface area contributed by atoms with Crippen molar-refractivity contribution in [1.82, 2.24) is 0 Å². The molecule has 1 aromatic rings. The molecule has 0 spiro atoms. The number of nitrogens with zero attached hydrogens (tertiary/aromatic N) is 1. The SMILES string of the molecule is CCc1cc(=O)oc2c1C(=O)CC=N2. The van der Waals surface area contributed by atoms with Gasteiger partial charge in [0.1, 0.15) is 0 Å². The van der Waals surface area contributed by atoms with Crippen LogP contribution in [0.1, 0.15) is 29.3 Å². The summed E-state index contributed by atoms with van der Waals surface area (Å²) >= 11 is 0. The molecule has 1 aliphatic heterocycles. The van der Waals surface area contributed by atoms with Crippen LogP contribution in [-0.4, -0.2) is 12.0 Å². The van der Waals surface area contributed by atoms with E-state index in [2.05, 4.69) is 4.99 Å². The van der Waals surface area contributed by atoms with E-state index in [9.17, 15) is 9.59 Å². The average Bonchev–Trinajstić information content (AvgIpc) is 2.16. The Bertz CT molecular complexity index is 471. The second-order valence-corrected chi connectivity index (χ2v) is 3.06. The normalized spacial score (nSPS) is 14.2. The molecule has 0 unspecified atom stereocenters. The minimum Gasteiger partial charge on any atom is -0.403 e. The molecule has 0 aromatic carbocycles. The molecular formula is C10H9NO3. The van der Waals surface area contributed by atoms with Gasteiger partial charge in [0.25, 0.3) is 0 Å². The Hall–Kier alpha value is -1.71. The number of ketones is 1. The molecule has 0 N–H and O–H groups in total. The number of rotatable bonds is 1. The summed E-state index contributed by atoms with van der Waals surface area (Å²) in [7, 11) is 0. The number of aliphatic imine (C=N–C) groups is 1. The van der Waals surface area contributed by atoms with Crippen molar-refractivity contribution < 1.29 is 9.21 Å². The summed E-state index contributed by atoms with van der Waals surface area (Å²) in [4.78, 5) is 26.5. The molecule has 72 valence electrons. The lowest BCUT2D eigenvalue weighted by Gasteiger charge is -2.09. The molecule has 0 bridgehead atoms. The molecule has 0 amide bonds. The molecule has 0 saturated carbocycles. The van der Waals surface area contributed by atoms with Crippen LogP contribution in [0.5, 0.6) is 0 Å². The first-order chi connectivity index (χ1) is 6.72. The van der Waals surface area contributed by atoms with Crippen LogP contribution in [-0.2, 0) is 6.42 Å². The zero-order valence-corrected chi connectivity index (χ0v) is 7.74. The first kappa shape index (κ1) is 8.87. The van der Waals surface area contributed by atoms with Gasteiger partial charge in [0.15, 0.2) is 5.78 Å². The maximum Gasteiger partial charge on any atom is 0.337 e. The molecule has 1 aliphatic rings. The van der Waals surface area contributed by atoms with Crippen molar-refractivity contribution in [2.45, 2.75) is 19.8 Å². The minimum absolute atomic E-state index is 0.0319. The van der Waals surface area contributed by atoms with Gasteiger partial charge < -0.3 is 4.42 Å². The van der Waals surface area contributed by atoms with Crippen molar-refractivity contribution in [2.75, 3.05) is 0 Å². The van der Waals surface area contributed by atoms with Crippen LogP contribution >= 0.6 is 0 Å². The Morgan fingerprint density at radius 2 is 2.29 bits per heavy atom. The van der Waals surface area contributed by atoms with E-state index >= 15 is 0 Å². The summed E-state index contributed by atoms with van der Waals surface area (Å²) in [6.07, 6.45) is 2.38. The van der Waals surface area contributed by atoms with Gasteiger partial charge in [-0.2, -0.15) is 0 Å². The monoisotopic (exact) mass is 191 g/mol. The molecule has 2 heterocycles. The van der Waals surface area contributed by atoms with Crippen molar-refractivity contribution in [3.05, 3.63) is 27.6 Å². The molecule has 0 radical (unpaired) electrons. The highest BCUT2D eigenvalue weighted by Gasteiger charge is 2.20. The van der Waals surface area contributed by atoms with Gasteiger partial charge in [-0.05, 0) is 12.0 Å². The van der Waals surface area contributed by atoms with Gasteiger partial charge in [0.05, 0.1) is 5.56 Å². The van der Waals surface area contributed by atoms with Gasteiger partial charge in [-0.15, -0.1) is 0 Å². The van der Waals surface area contributed by atoms with E-state index in [1.807, 2.05) is 6.92 Å². The fourth-order valence-corrected chi connectivity index (χ4v) is 1.51. The van der Waals surface area contributed by atoms with Gasteiger partial charge in [-0.3, -0.25) is 4.79 Å². The van der Waals surface area contributed by atoms with Crippen LogP contribution in [0, 0.1) is 0 Å². The van der Waals surface area contributed by atoms with E-state index < -0.39 is 5.63 Å². The summed E-state index contributed by atoms with van der Waals surface area (Å²) < 4.78 is 4.84. The molecule has 14 heavy (non-hydrogen) atoms. The van der Waals surface area contributed by atoms with E-state index in [0.717, 1.165) is 5.56 Å². The Morgan fingerprint density at radius 3 is 3.00 bits per heavy atom. The second kappa shape index (κ2) is 3.21. The number of hydrogen-bond donors (Lipinski definition) is 0. The smallest absolute Gasteiger partial charge is 0.337 e. The molecule has 4 heteroatoms. The van der Waals surface area contributed by atoms with E-state index in [0.29, 0.717) is 12.0 Å². The summed E-state index contributed by atoms with van der Waals surface area (Å²) in [5, 5.41) is 0. The molecule has 0 fully saturated rings. The predicted molar refractivity (Wildman–Crippen MR) is 51.5 cm³/mol. The lowest BCUT2D eigenvalue weighted by molar-refractivity contribution is 0.0998. The topological polar surface area (TPSA) is 59.6 Å². The van der Waals surface area contributed by atoms with Crippen LogP contribution in [0.3, 0.4) is 0 Å². The number of aryl methyl sites for hydroxylation is 1. The van der Waals surface area contributed by atoms with Crippen LogP contribution in [0.2, 0.25) is 0 Å². The first-order valence-electron chi connectivity index (χ1n) is 4.45. The fourth-order valence-electron chi connectivity index (χ4n) is 1.51. The van der Waals surface area contributed by atoms with E-state index in [4.69, 9.17) is 4.42 Å². The quantitative estimate of drug-likeness (QED) is 0.675. The summed E-state index contributed by atoms with van der Waals surface area (Å²) in [5.41, 5.74) is 0.736. The largest absolute Gasteiger partial charge is 0.403 e. The zero-order chi connectivity index (χ0) is 10.1. The van der Waals surface area contributed by atoms with Crippen LogP contribution < -0.4 is 5.63 Å². The van der Waals surface area contributed by atoms with Crippen LogP contribution in [0.4, 0.5) is 5.88 Å². The minimum atomic E-state index is -0.451. The molecule has 4 nitrogen and oxygen atoms in total. The van der Waals surface area contributed by atoms with Crippen molar-refractivity contribution in [2.24, 2.45) is 4.99 Å². The Labute approximate surface area is 80.3 Å². The van der Waals surface area contributed by atoms with Gasteiger partial charge in [-0.25, -0.2) is 9.79 Å². The fraction of sp³-hybridized carbons (Fsp3) is 0.300. The number of fused-ring (bicyclic) bond motifs is 1. The Kier molecular flexibility index (Phi) is 2.04. The van der Waals surface area contributed by atoms with E-state index in [-0.39, 0.29) is 18.1 Å². The lowest BCUT2D eigenvalue weighted by Crippen LogP contribution is -2.12. The highest BCUT2D eigenvalue weighted by atomic mass is 16.4. The lowest BCUT2D eigenvalue weighted by atomic mass is 10.0. The summed E-state index contributed by atoms with van der Waals surface area (Å²) in [5.74, 6) is 0.126. The molecular weight excluding hydrogens is 182 g/mol. The van der Waals surface area contributed by atoms with Gasteiger partial charge in [0.2, 0.25) is 5.88 Å². The third-order valence-corrected chi connectivity index (χ3v) is 2.17. The Balaban J connectivity index is 2.75. The number of hydrogen-bond acceptors (Lipinski definition) is 4. The maximum absolute atomic E-state index is 11.5. The molecule has 0 saturated heterocycles. The second-order valence-electron chi connectivity index (χ2n) is 3.06. The third kappa shape index (κ3) is 1.28. The highest BCUT2D eigenvalue weighted by Crippen LogP contribution is 2.25. The van der Waals surface area contributed by atoms with Crippen molar-refractivity contribution >= 4 is 17.9 Å². The predicted octanol–water partition coefficient (Wildman–Crippen LogP) is 1.49. The average molecular weight is 191 g/mol. The number of carbonyl (C=O) groups excluding carboxylic acids is 1. The summed E-state index contributed by atoms with van der Waals surface area (Å²) in [6.45, 7) is 1.89. The van der Waals surface area contributed by atoms with Gasteiger partial charge in [0, 0.05) is 18.7 Å². The number of Topliss-reactive ketones (excluding diaryl/α,β-unsaturated/α-hetero) is 1. The van der Waals surface area contributed by atoms with Crippen LogP contribution in [0.15, 0.2) is 20.3 Å². The van der Waals surface area contributed by atoms with Crippen molar-refractivity contribution in [1.29, 1.82) is 0 Å². The Morgan fingerprint density at radius 1 is 1.50 bits per heavy atom. The molecule has 0 atom stereocenters. The highest BCUT2D eigenvalue weighted by molar-refractivity contribution is 6.09. The number of carbonyl (C=O) groups is 1. The van der Waals surface area contributed by atoms with Crippen molar-refractivity contribution in [3.63, 3.8) is 0 Å². The van der Waals surface area contributed by atoms with E-state index in [1.165, 1.54) is 12.3 Å². The van der Waals surface area contributed by atoms with Gasteiger partial charge in [-0.1, -0.05) is 6.92 Å². The third-order valence-electron chi connectivity index (χ3n) is 2.17. The molecule has 0 aliphatic carbocycles. The zero-order valence-electron chi connectivity index (χ0n) is 7.74. The summed E-state index contributed by atoms with van der Waals surface area (Å²) in [6, 6.07) is 1.36. The van der Waals surface area contributed by atoms with Crippen molar-refractivity contribution in [3.8, 4) is 0 Å². The standard InChI is InChI=1S/C10H9NO3/c1-2-6-5-8(13)14-10-9(6)7(12)3-4-11-10/h4-5H,2-3H2,1H3. The molecule has 1 aromatic heterocycles. The van der Waals surface area contributed by atoms with E-state index in [1.54, 1.807) is 0 Å². The van der Waals surface area contributed by atoms with Crippen LogP contribution in [0.25, 0.3) is 0 Å².